The highest BCUT2D eigenvalue weighted by atomic mass is 16.5. The topological polar surface area (TPSA) is 41.6 Å². The highest BCUT2D eigenvalue weighted by Gasteiger charge is 2.42. The third-order valence-electron chi connectivity index (χ3n) is 4.70. The number of rotatable bonds is 6. The van der Waals surface area contributed by atoms with Crippen molar-refractivity contribution >= 4 is 5.97 Å². The van der Waals surface area contributed by atoms with Crippen LogP contribution < -0.4 is 5.32 Å². The first-order valence-corrected chi connectivity index (χ1v) is 8.23. The van der Waals surface area contributed by atoms with Crippen molar-refractivity contribution in [2.24, 2.45) is 5.92 Å². The smallest absolute Gasteiger partial charge is 0.326 e. The summed E-state index contributed by atoms with van der Waals surface area (Å²) in [4.78, 5) is 15.0. The summed E-state index contributed by atoms with van der Waals surface area (Å²) in [6, 6.07) is 0.552. The molecular formula is C16H30N2O2. The summed E-state index contributed by atoms with van der Waals surface area (Å²) in [7, 11) is 0. The van der Waals surface area contributed by atoms with Gasteiger partial charge in [0.1, 0.15) is 5.54 Å². The number of ether oxygens (including phenoxy) is 1. The standard InChI is InChI=1S/C16H30N2O2/c1-4-20-15(19)16(17-12-14-6-7-14)8-5-10-18(11-9-16)13(2)3/h13-14,17H,4-12H2,1-3H3. The maximum Gasteiger partial charge on any atom is 0.326 e. The van der Waals surface area contributed by atoms with Gasteiger partial charge < -0.3 is 15.0 Å². The van der Waals surface area contributed by atoms with Crippen LogP contribution in [0.25, 0.3) is 0 Å². The van der Waals surface area contributed by atoms with E-state index in [4.69, 9.17) is 4.74 Å². The summed E-state index contributed by atoms with van der Waals surface area (Å²) >= 11 is 0. The molecule has 2 fully saturated rings. The number of likely N-dealkylation sites (tertiary alicyclic amines) is 1. The van der Waals surface area contributed by atoms with Gasteiger partial charge in [0.15, 0.2) is 0 Å². The van der Waals surface area contributed by atoms with Gasteiger partial charge in [0.05, 0.1) is 6.61 Å². The van der Waals surface area contributed by atoms with E-state index in [-0.39, 0.29) is 5.97 Å². The Kier molecular flexibility index (Phi) is 5.44. The Bertz CT molecular complexity index is 328. The Morgan fingerprint density at radius 3 is 2.70 bits per heavy atom. The quantitative estimate of drug-likeness (QED) is 0.758. The zero-order valence-corrected chi connectivity index (χ0v) is 13.3. The van der Waals surface area contributed by atoms with Crippen LogP contribution in [-0.4, -0.2) is 48.7 Å². The highest BCUT2D eigenvalue weighted by Crippen LogP contribution is 2.31. The Hall–Kier alpha value is -0.610. The van der Waals surface area contributed by atoms with E-state index >= 15 is 0 Å². The van der Waals surface area contributed by atoms with Gasteiger partial charge in [-0.3, -0.25) is 4.79 Å². The minimum atomic E-state index is -0.442. The van der Waals surface area contributed by atoms with Gasteiger partial charge in [-0.05, 0) is 71.9 Å². The fourth-order valence-electron chi connectivity index (χ4n) is 3.06. The first-order valence-electron chi connectivity index (χ1n) is 8.23. The summed E-state index contributed by atoms with van der Waals surface area (Å²) in [5.41, 5.74) is -0.442. The third-order valence-corrected chi connectivity index (χ3v) is 4.70. The lowest BCUT2D eigenvalue weighted by molar-refractivity contribution is -0.152. The monoisotopic (exact) mass is 282 g/mol. The molecule has 1 aliphatic carbocycles. The average molecular weight is 282 g/mol. The van der Waals surface area contributed by atoms with Crippen LogP contribution in [0.4, 0.5) is 0 Å². The van der Waals surface area contributed by atoms with Crippen molar-refractivity contribution in [3.63, 3.8) is 0 Å². The fraction of sp³-hybridized carbons (Fsp3) is 0.938. The lowest BCUT2D eigenvalue weighted by Gasteiger charge is -2.32. The van der Waals surface area contributed by atoms with Crippen molar-refractivity contribution in [2.75, 3.05) is 26.2 Å². The van der Waals surface area contributed by atoms with E-state index in [0.29, 0.717) is 12.6 Å². The Labute approximate surface area is 123 Å². The molecule has 116 valence electrons. The van der Waals surface area contributed by atoms with Gasteiger partial charge in [-0.2, -0.15) is 0 Å². The molecule has 2 aliphatic rings. The second kappa shape index (κ2) is 6.90. The van der Waals surface area contributed by atoms with E-state index < -0.39 is 5.54 Å². The molecule has 2 rings (SSSR count). The third kappa shape index (κ3) is 3.95. The molecule has 20 heavy (non-hydrogen) atoms. The van der Waals surface area contributed by atoms with Crippen molar-refractivity contribution in [1.82, 2.24) is 10.2 Å². The number of esters is 1. The Balaban J connectivity index is 2.02. The van der Waals surface area contributed by atoms with Crippen LogP contribution in [0.1, 0.15) is 52.9 Å². The van der Waals surface area contributed by atoms with E-state index in [1.165, 1.54) is 12.8 Å². The summed E-state index contributed by atoms with van der Waals surface area (Å²) in [5.74, 6) is 0.747. The molecule has 0 radical (unpaired) electrons. The van der Waals surface area contributed by atoms with Crippen LogP contribution in [0.5, 0.6) is 0 Å². The zero-order valence-electron chi connectivity index (χ0n) is 13.3. The fourth-order valence-corrected chi connectivity index (χ4v) is 3.06. The minimum Gasteiger partial charge on any atom is -0.465 e. The SMILES string of the molecule is CCOC(=O)C1(NCC2CC2)CCCN(C(C)C)CC1. The molecule has 0 aromatic heterocycles. The number of carbonyl (C=O) groups is 1. The van der Waals surface area contributed by atoms with Gasteiger partial charge in [-0.1, -0.05) is 0 Å². The van der Waals surface area contributed by atoms with Crippen LogP contribution >= 0.6 is 0 Å². The lowest BCUT2D eigenvalue weighted by atomic mass is 9.90. The van der Waals surface area contributed by atoms with Crippen LogP contribution in [0.15, 0.2) is 0 Å². The predicted molar refractivity (Wildman–Crippen MR) is 80.7 cm³/mol. The molecule has 1 unspecified atom stereocenters. The largest absolute Gasteiger partial charge is 0.465 e. The van der Waals surface area contributed by atoms with Crippen LogP contribution in [0.2, 0.25) is 0 Å². The van der Waals surface area contributed by atoms with Crippen LogP contribution in [0, 0.1) is 5.92 Å². The van der Waals surface area contributed by atoms with Gasteiger partial charge >= 0.3 is 5.97 Å². The van der Waals surface area contributed by atoms with E-state index in [9.17, 15) is 4.79 Å². The molecule has 0 amide bonds. The molecule has 1 saturated carbocycles. The van der Waals surface area contributed by atoms with Crippen LogP contribution in [-0.2, 0) is 9.53 Å². The number of nitrogens with one attached hydrogen (secondary N) is 1. The van der Waals surface area contributed by atoms with Crippen LogP contribution in [0.3, 0.4) is 0 Å². The highest BCUT2D eigenvalue weighted by molar-refractivity contribution is 5.81. The van der Waals surface area contributed by atoms with Gasteiger partial charge in [-0.25, -0.2) is 0 Å². The van der Waals surface area contributed by atoms with Crippen molar-refractivity contribution in [3.05, 3.63) is 0 Å². The van der Waals surface area contributed by atoms with E-state index in [1.54, 1.807) is 0 Å². The molecule has 0 aromatic rings. The number of nitrogens with zero attached hydrogens (tertiary/aromatic N) is 1. The molecule has 0 aromatic carbocycles. The predicted octanol–water partition coefficient (Wildman–Crippen LogP) is 2.18. The molecule has 1 atom stereocenters. The summed E-state index contributed by atoms with van der Waals surface area (Å²) in [6.07, 6.45) is 5.46. The molecule has 1 heterocycles. The lowest BCUT2D eigenvalue weighted by Crippen LogP contribution is -2.54. The van der Waals surface area contributed by atoms with Crippen molar-refractivity contribution in [2.45, 2.75) is 64.5 Å². The number of hydrogen-bond donors (Lipinski definition) is 1. The first-order chi connectivity index (χ1) is 9.57. The second-order valence-electron chi connectivity index (χ2n) is 6.61. The van der Waals surface area contributed by atoms with Gasteiger partial charge in [-0.15, -0.1) is 0 Å². The summed E-state index contributed by atoms with van der Waals surface area (Å²) in [6.45, 7) is 9.87. The molecule has 1 saturated heterocycles. The van der Waals surface area contributed by atoms with Crippen molar-refractivity contribution < 1.29 is 9.53 Å². The maximum atomic E-state index is 12.5. The second-order valence-corrected chi connectivity index (χ2v) is 6.61. The molecule has 0 spiro atoms. The van der Waals surface area contributed by atoms with Gasteiger partial charge in [0, 0.05) is 12.6 Å². The number of carbonyl (C=O) groups excluding carboxylic acids is 1. The van der Waals surface area contributed by atoms with Crippen molar-refractivity contribution in [1.29, 1.82) is 0 Å². The average Bonchev–Trinajstić information content (AvgIpc) is 3.23. The molecule has 1 N–H and O–H groups in total. The molecule has 0 bridgehead atoms. The van der Waals surface area contributed by atoms with Gasteiger partial charge in [0.2, 0.25) is 0 Å². The number of hydrogen-bond acceptors (Lipinski definition) is 4. The zero-order chi connectivity index (χ0) is 14.6. The van der Waals surface area contributed by atoms with E-state index in [2.05, 4.69) is 24.1 Å². The normalized spacial score (nSPS) is 28.4. The summed E-state index contributed by atoms with van der Waals surface area (Å²) in [5, 5.41) is 3.58. The molecular weight excluding hydrogens is 252 g/mol. The molecule has 4 nitrogen and oxygen atoms in total. The molecule has 4 heteroatoms. The molecule has 1 aliphatic heterocycles. The Morgan fingerprint density at radius 2 is 2.10 bits per heavy atom. The maximum absolute atomic E-state index is 12.5. The van der Waals surface area contributed by atoms with E-state index in [0.717, 1.165) is 44.8 Å². The summed E-state index contributed by atoms with van der Waals surface area (Å²) < 4.78 is 5.37. The van der Waals surface area contributed by atoms with Gasteiger partial charge in [0.25, 0.3) is 0 Å². The minimum absolute atomic E-state index is 0.0359. The Morgan fingerprint density at radius 1 is 1.35 bits per heavy atom. The first kappa shape index (κ1) is 15.8. The van der Waals surface area contributed by atoms with E-state index in [1.807, 2.05) is 6.92 Å². The van der Waals surface area contributed by atoms with Crippen molar-refractivity contribution in [3.8, 4) is 0 Å².